The molecule has 29 heavy (non-hydrogen) atoms. The lowest BCUT2D eigenvalue weighted by atomic mass is 9.89. The van der Waals surface area contributed by atoms with Crippen LogP contribution in [0, 0.1) is 24.6 Å². The number of likely N-dealkylation sites (tertiary alicyclic amines) is 1. The van der Waals surface area contributed by atoms with Crippen molar-refractivity contribution >= 4 is 11.9 Å². The molecule has 6 nitrogen and oxygen atoms in total. The van der Waals surface area contributed by atoms with Crippen molar-refractivity contribution in [2.45, 2.75) is 26.3 Å². The Balaban J connectivity index is 1.62. The fraction of sp³-hybridized carbons (Fsp3) is 0.500. The molecule has 0 unspecified atom stereocenters. The third-order valence-corrected chi connectivity index (χ3v) is 6.12. The van der Waals surface area contributed by atoms with E-state index in [1.165, 1.54) is 13.2 Å². The predicted molar refractivity (Wildman–Crippen MR) is 108 cm³/mol. The fourth-order valence-electron chi connectivity index (χ4n) is 4.77. The second-order valence-corrected chi connectivity index (χ2v) is 7.96. The predicted octanol–water partition coefficient (Wildman–Crippen LogP) is 2.77. The number of nitrogens with zero attached hydrogens (tertiary/aromatic N) is 4. The Labute approximate surface area is 170 Å². The van der Waals surface area contributed by atoms with E-state index in [9.17, 15) is 9.18 Å². The van der Waals surface area contributed by atoms with E-state index in [0.29, 0.717) is 12.5 Å². The highest BCUT2D eigenvalue weighted by atomic mass is 19.1. The van der Waals surface area contributed by atoms with Gasteiger partial charge in [-0.3, -0.25) is 4.79 Å². The summed E-state index contributed by atoms with van der Waals surface area (Å²) in [7, 11) is 1.52. The van der Waals surface area contributed by atoms with Crippen LogP contribution in [-0.2, 0) is 16.0 Å². The Morgan fingerprint density at radius 3 is 2.86 bits per heavy atom. The lowest BCUT2D eigenvalue weighted by molar-refractivity contribution is -0.136. The number of amides is 1. The summed E-state index contributed by atoms with van der Waals surface area (Å²) < 4.78 is 19.0. The number of carbonyl (C=O) groups excluding carboxylic acids is 1. The molecule has 0 radical (unpaired) electrons. The number of aromatic nitrogens is 2. The monoisotopic (exact) mass is 398 g/mol. The molecule has 3 heterocycles. The molecule has 3 atom stereocenters. The molecule has 0 N–H and O–H groups in total. The van der Waals surface area contributed by atoms with Crippen LogP contribution in [0.3, 0.4) is 0 Å². The summed E-state index contributed by atoms with van der Waals surface area (Å²) in [6.45, 7) is 6.33. The third-order valence-electron chi connectivity index (χ3n) is 6.12. The van der Waals surface area contributed by atoms with Crippen molar-refractivity contribution in [2.24, 2.45) is 11.8 Å². The van der Waals surface area contributed by atoms with Gasteiger partial charge in [-0.2, -0.15) is 0 Å². The van der Waals surface area contributed by atoms with Crippen molar-refractivity contribution in [2.75, 3.05) is 38.3 Å². The summed E-state index contributed by atoms with van der Waals surface area (Å²) in [5, 5.41) is 0. The van der Waals surface area contributed by atoms with E-state index in [1.807, 2.05) is 24.1 Å². The number of hydrogen-bond acceptors (Lipinski definition) is 5. The van der Waals surface area contributed by atoms with Crippen molar-refractivity contribution in [3.63, 3.8) is 0 Å². The zero-order valence-corrected chi connectivity index (χ0v) is 17.1. The van der Waals surface area contributed by atoms with E-state index in [4.69, 9.17) is 9.72 Å². The molecule has 0 bridgehead atoms. The summed E-state index contributed by atoms with van der Waals surface area (Å²) in [5.41, 5.74) is 3.00. The molecule has 7 heteroatoms. The number of rotatable bonds is 5. The summed E-state index contributed by atoms with van der Waals surface area (Å²) in [4.78, 5) is 26.0. The Bertz CT molecular complexity index is 906. The lowest BCUT2D eigenvalue weighted by Gasteiger charge is -2.30. The van der Waals surface area contributed by atoms with Crippen molar-refractivity contribution in [3.05, 3.63) is 53.1 Å². The first-order chi connectivity index (χ1) is 14.0. The van der Waals surface area contributed by atoms with Crippen molar-refractivity contribution < 1.29 is 13.9 Å². The molecule has 1 amide bonds. The summed E-state index contributed by atoms with van der Waals surface area (Å²) >= 11 is 0. The average Bonchev–Trinajstić information content (AvgIpc) is 3.26. The highest BCUT2D eigenvalue weighted by molar-refractivity contribution is 5.78. The molecule has 1 aromatic heterocycles. The largest absolute Gasteiger partial charge is 0.375 e. The number of methoxy groups -OCH3 is 1. The molecule has 0 aliphatic carbocycles. The number of ether oxygens (including phenoxy) is 1. The van der Waals surface area contributed by atoms with E-state index in [-0.39, 0.29) is 30.3 Å². The van der Waals surface area contributed by atoms with Crippen LogP contribution in [0.5, 0.6) is 0 Å². The minimum absolute atomic E-state index is 0.0376. The molecular formula is C22H27FN4O2. The standard InChI is InChI=1S/C22H27FN4O2/c1-4-19-14(2)9-24-22(25-19)26-10-16-11-27(20(28)13-29-3)21(18(16)12-26)15-6-5-7-17(23)8-15/h5-9,16,18,21H,4,10-13H2,1-3H3/t16-,18-,21+/m1/s1. The molecule has 2 aliphatic heterocycles. The number of hydrogen-bond donors (Lipinski definition) is 0. The number of carbonyl (C=O) groups is 1. The molecule has 4 rings (SSSR count). The van der Waals surface area contributed by atoms with Gasteiger partial charge in [0.05, 0.1) is 6.04 Å². The van der Waals surface area contributed by atoms with Gasteiger partial charge in [-0.25, -0.2) is 14.4 Å². The number of halogens is 1. The van der Waals surface area contributed by atoms with Gasteiger partial charge in [0.1, 0.15) is 12.4 Å². The summed E-state index contributed by atoms with van der Waals surface area (Å²) in [6.07, 6.45) is 2.75. The first kappa shape index (κ1) is 19.8. The number of fused-ring (bicyclic) bond motifs is 1. The molecule has 0 spiro atoms. The van der Waals surface area contributed by atoms with Gasteiger partial charge in [-0.1, -0.05) is 19.1 Å². The first-order valence-corrected chi connectivity index (χ1v) is 10.1. The number of aryl methyl sites for hydroxylation is 2. The van der Waals surface area contributed by atoms with E-state index >= 15 is 0 Å². The Morgan fingerprint density at radius 2 is 2.14 bits per heavy atom. The van der Waals surface area contributed by atoms with E-state index in [1.54, 1.807) is 12.1 Å². The highest BCUT2D eigenvalue weighted by Crippen LogP contribution is 2.45. The molecule has 2 aromatic rings. The smallest absolute Gasteiger partial charge is 0.249 e. The van der Waals surface area contributed by atoms with Gasteiger partial charge in [0, 0.05) is 50.5 Å². The van der Waals surface area contributed by atoms with Gasteiger partial charge in [0.15, 0.2) is 0 Å². The molecule has 1 aromatic carbocycles. The molecule has 2 fully saturated rings. The van der Waals surface area contributed by atoms with Crippen molar-refractivity contribution in [1.29, 1.82) is 0 Å². The number of anilines is 1. The Hall–Kier alpha value is -2.54. The van der Waals surface area contributed by atoms with Crippen molar-refractivity contribution in [1.82, 2.24) is 14.9 Å². The van der Waals surface area contributed by atoms with E-state index in [2.05, 4.69) is 16.8 Å². The molecule has 154 valence electrons. The molecule has 2 saturated heterocycles. The Morgan fingerprint density at radius 1 is 1.31 bits per heavy atom. The third kappa shape index (κ3) is 3.71. The molecular weight excluding hydrogens is 371 g/mol. The second kappa shape index (κ2) is 8.06. The van der Waals surface area contributed by atoms with E-state index in [0.717, 1.165) is 42.3 Å². The number of benzene rings is 1. The molecule has 2 aliphatic rings. The van der Waals surface area contributed by atoms with Crippen LogP contribution in [0.25, 0.3) is 0 Å². The van der Waals surface area contributed by atoms with Crippen molar-refractivity contribution in [3.8, 4) is 0 Å². The van der Waals surface area contributed by atoms with E-state index < -0.39 is 0 Å². The SMILES string of the molecule is CCc1nc(N2C[C@@H]3CN(C(=O)COC)[C@@H](c4cccc(F)c4)[C@@H]3C2)ncc1C. The van der Waals surface area contributed by atoms with Crippen LogP contribution in [-0.4, -0.2) is 54.1 Å². The maximum Gasteiger partial charge on any atom is 0.249 e. The minimum Gasteiger partial charge on any atom is -0.375 e. The van der Waals surface area contributed by atoms with Gasteiger partial charge in [0.2, 0.25) is 11.9 Å². The second-order valence-electron chi connectivity index (χ2n) is 7.96. The zero-order chi connectivity index (χ0) is 20.5. The van der Waals surface area contributed by atoms with Crippen LogP contribution >= 0.6 is 0 Å². The van der Waals surface area contributed by atoms with Crippen LogP contribution in [0.4, 0.5) is 10.3 Å². The average molecular weight is 398 g/mol. The Kier molecular flexibility index (Phi) is 5.50. The topological polar surface area (TPSA) is 58.6 Å². The van der Waals surface area contributed by atoms with Crippen LogP contribution < -0.4 is 4.90 Å². The van der Waals surface area contributed by atoms with Crippen LogP contribution in [0.1, 0.15) is 29.8 Å². The van der Waals surface area contributed by atoms with Crippen LogP contribution in [0.15, 0.2) is 30.5 Å². The molecule has 0 saturated carbocycles. The quantitative estimate of drug-likeness (QED) is 0.775. The fourth-order valence-corrected chi connectivity index (χ4v) is 4.77. The maximum atomic E-state index is 13.9. The van der Waals surface area contributed by atoms with Gasteiger partial charge in [0.25, 0.3) is 0 Å². The zero-order valence-electron chi connectivity index (χ0n) is 17.1. The minimum atomic E-state index is -0.283. The summed E-state index contributed by atoms with van der Waals surface area (Å²) in [6, 6.07) is 6.42. The van der Waals surface area contributed by atoms with Gasteiger partial charge < -0.3 is 14.5 Å². The van der Waals surface area contributed by atoms with Gasteiger partial charge in [-0.05, 0) is 36.6 Å². The van der Waals surface area contributed by atoms with Gasteiger partial charge in [-0.15, -0.1) is 0 Å². The summed E-state index contributed by atoms with van der Waals surface area (Å²) in [5.74, 6) is 0.901. The normalized spacial score (nSPS) is 23.5. The lowest BCUT2D eigenvalue weighted by Crippen LogP contribution is -2.38. The van der Waals surface area contributed by atoms with Gasteiger partial charge >= 0.3 is 0 Å². The van der Waals surface area contributed by atoms with Crippen LogP contribution in [0.2, 0.25) is 0 Å². The maximum absolute atomic E-state index is 13.9. The first-order valence-electron chi connectivity index (χ1n) is 10.1. The highest BCUT2D eigenvalue weighted by Gasteiger charge is 2.49.